The maximum atomic E-state index is 12.9. The van der Waals surface area contributed by atoms with Crippen LogP contribution in [0.3, 0.4) is 0 Å². The number of halogens is 3. The molecule has 1 N–H and O–H groups in total. The maximum absolute atomic E-state index is 12.9. The molecule has 2 aromatic rings. The third-order valence-corrected chi connectivity index (χ3v) is 3.21. The lowest BCUT2D eigenvalue weighted by Gasteiger charge is -2.12. The number of amides is 1. The van der Waals surface area contributed by atoms with Crippen LogP contribution in [-0.2, 0) is 15.7 Å². The summed E-state index contributed by atoms with van der Waals surface area (Å²) in [6.45, 7) is 1.10. The van der Waals surface area contributed by atoms with Crippen LogP contribution in [-0.4, -0.2) is 18.5 Å². The smallest absolute Gasteiger partial charge is 0.417 e. The van der Waals surface area contributed by atoms with Crippen molar-refractivity contribution in [3.63, 3.8) is 0 Å². The fourth-order valence-electron chi connectivity index (χ4n) is 2.02. The van der Waals surface area contributed by atoms with Gasteiger partial charge in [-0.05, 0) is 30.7 Å². The van der Waals surface area contributed by atoms with Crippen molar-refractivity contribution in [2.75, 3.05) is 11.9 Å². The van der Waals surface area contributed by atoms with Crippen molar-refractivity contribution < 1.29 is 27.5 Å². The predicted octanol–water partition coefficient (Wildman–Crippen LogP) is 3.81. The van der Waals surface area contributed by atoms with E-state index in [9.17, 15) is 22.8 Å². The van der Waals surface area contributed by atoms with Gasteiger partial charge in [-0.15, -0.1) is 0 Å². The van der Waals surface area contributed by atoms with E-state index in [0.29, 0.717) is 5.69 Å². The van der Waals surface area contributed by atoms with Crippen LogP contribution in [0.15, 0.2) is 48.5 Å². The molecule has 4 nitrogen and oxygen atoms in total. The van der Waals surface area contributed by atoms with Gasteiger partial charge in [-0.3, -0.25) is 4.79 Å². The quantitative estimate of drug-likeness (QED) is 0.863. The number of nitrogens with one attached hydrogen (secondary N) is 1. The minimum Gasteiger partial charge on any atom is -0.452 e. The zero-order chi connectivity index (χ0) is 17.7. The first kappa shape index (κ1) is 17.5. The van der Waals surface area contributed by atoms with E-state index in [2.05, 4.69) is 10.1 Å². The molecule has 0 heterocycles. The number of anilines is 1. The summed E-state index contributed by atoms with van der Waals surface area (Å²) in [7, 11) is 0. The molecule has 0 radical (unpaired) electrons. The van der Waals surface area contributed by atoms with E-state index in [4.69, 9.17) is 0 Å². The fourth-order valence-corrected chi connectivity index (χ4v) is 2.02. The number of esters is 1. The van der Waals surface area contributed by atoms with E-state index in [1.54, 1.807) is 31.2 Å². The molecular weight excluding hydrogens is 323 g/mol. The number of carbonyl (C=O) groups excluding carboxylic acids is 2. The molecule has 0 saturated heterocycles. The minimum atomic E-state index is -4.68. The summed E-state index contributed by atoms with van der Waals surface area (Å²) in [5.74, 6) is -1.84. The Bertz CT molecular complexity index is 757. The number of para-hydroxylation sites is 1. The van der Waals surface area contributed by atoms with Crippen molar-refractivity contribution in [1.82, 2.24) is 0 Å². The van der Waals surface area contributed by atoms with Crippen LogP contribution in [0.5, 0.6) is 0 Å². The molecule has 1 amide bonds. The van der Waals surface area contributed by atoms with Crippen molar-refractivity contribution >= 4 is 17.6 Å². The lowest BCUT2D eigenvalue weighted by Crippen LogP contribution is -2.22. The number of aryl methyl sites for hydroxylation is 1. The summed E-state index contributed by atoms with van der Waals surface area (Å²) in [5, 5.41) is 2.52. The monoisotopic (exact) mass is 337 g/mol. The van der Waals surface area contributed by atoms with E-state index in [1.165, 1.54) is 12.1 Å². The first-order valence-corrected chi connectivity index (χ1v) is 6.98. The summed E-state index contributed by atoms with van der Waals surface area (Å²) in [4.78, 5) is 23.6. The molecule has 0 aromatic heterocycles. The molecular formula is C17H14F3NO3. The van der Waals surface area contributed by atoms with E-state index in [-0.39, 0.29) is 0 Å². The van der Waals surface area contributed by atoms with Crippen LogP contribution in [0, 0.1) is 6.92 Å². The number of carbonyl (C=O) groups is 2. The van der Waals surface area contributed by atoms with Gasteiger partial charge in [-0.1, -0.05) is 30.3 Å². The molecule has 2 rings (SSSR count). The van der Waals surface area contributed by atoms with E-state index in [0.717, 1.165) is 17.7 Å². The molecule has 24 heavy (non-hydrogen) atoms. The van der Waals surface area contributed by atoms with Gasteiger partial charge in [0.2, 0.25) is 0 Å². The SMILES string of the molecule is Cc1ccccc1NC(=O)COC(=O)c1ccccc1C(F)(F)F. The molecule has 0 aliphatic rings. The fraction of sp³-hybridized carbons (Fsp3) is 0.176. The summed E-state index contributed by atoms with van der Waals surface area (Å²) >= 11 is 0. The van der Waals surface area contributed by atoms with Gasteiger partial charge < -0.3 is 10.1 Å². The Hall–Kier alpha value is -2.83. The predicted molar refractivity (Wildman–Crippen MR) is 81.5 cm³/mol. The van der Waals surface area contributed by atoms with Crippen LogP contribution in [0.25, 0.3) is 0 Å². The van der Waals surface area contributed by atoms with Crippen molar-refractivity contribution in [2.45, 2.75) is 13.1 Å². The average molecular weight is 337 g/mol. The van der Waals surface area contributed by atoms with Gasteiger partial charge in [-0.2, -0.15) is 13.2 Å². The number of hydrogen-bond acceptors (Lipinski definition) is 3. The molecule has 0 saturated carbocycles. The van der Waals surface area contributed by atoms with Crippen LogP contribution in [0.2, 0.25) is 0 Å². The van der Waals surface area contributed by atoms with Crippen molar-refractivity contribution in [3.05, 3.63) is 65.2 Å². The van der Waals surface area contributed by atoms with E-state index < -0.39 is 35.8 Å². The Morgan fingerprint density at radius 1 is 1.04 bits per heavy atom. The Labute approximate surface area is 136 Å². The first-order chi connectivity index (χ1) is 11.3. The number of rotatable bonds is 4. The minimum absolute atomic E-state index is 0.536. The molecule has 0 atom stereocenters. The van der Waals surface area contributed by atoms with Gasteiger partial charge in [0.15, 0.2) is 6.61 Å². The van der Waals surface area contributed by atoms with Crippen LogP contribution in [0.4, 0.5) is 18.9 Å². The zero-order valence-corrected chi connectivity index (χ0v) is 12.7. The van der Waals surface area contributed by atoms with E-state index in [1.807, 2.05) is 0 Å². The molecule has 0 fully saturated rings. The molecule has 0 bridgehead atoms. The van der Waals surface area contributed by atoms with Crippen molar-refractivity contribution in [1.29, 1.82) is 0 Å². The summed E-state index contributed by atoms with van der Waals surface area (Å²) in [6.07, 6.45) is -4.68. The molecule has 2 aromatic carbocycles. The first-order valence-electron chi connectivity index (χ1n) is 6.98. The molecule has 0 aliphatic heterocycles. The van der Waals surface area contributed by atoms with Crippen LogP contribution in [0.1, 0.15) is 21.5 Å². The van der Waals surface area contributed by atoms with Gasteiger partial charge in [0.1, 0.15) is 0 Å². The topological polar surface area (TPSA) is 55.4 Å². The summed E-state index contributed by atoms with van der Waals surface area (Å²) in [6, 6.07) is 11.2. The lowest BCUT2D eigenvalue weighted by atomic mass is 10.1. The van der Waals surface area contributed by atoms with Gasteiger partial charge >= 0.3 is 12.1 Å². The maximum Gasteiger partial charge on any atom is 0.417 e. The molecule has 0 spiro atoms. The average Bonchev–Trinajstić information content (AvgIpc) is 2.54. The molecule has 0 aliphatic carbocycles. The highest BCUT2D eigenvalue weighted by molar-refractivity contribution is 5.96. The normalized spacial score (nSPS) is 11.0. The van der Waals surface area contributed by atoms with Gasteiger partial charge in [-0.25, -0.2) is 4.79 Å². The highest BCUT2D eigenvalue weighted by Crippen LogP contribution is 2.32. The van der Waals surface area contributed by atoms with Gasteiger partial charge in [0.05, 0.1) is 11.1 Å². The van der Waals surface area contributed by atoms with Gasteiger partial charge in [0.25, 0.3) is 5.91 Å². The largest absolute Gasteiger partial charge is 0.452 e. The number of alkyl halides is 3. The number of hydrogen-bond donors (Lipinski definition) is 1. The second-order valence-corrected chi connectivity index (χ2v) is 4.98. The zero-order valence-electron chi connectivity index (χ0n) is 12.7. The number of benzene rings is 2. The van der Waals surface area contributed by atoms with Gasteiger partial charge in [0, 0.05) is 5.69 Å². The van der Waals surface area contributed by atoms with Crippen molar-refractivity contribution in [2.24, 2.45) is 0 Å². The summed E-state index contributed by atoms with van der Waals surface area (Å²) < 4.78 is 43.2. The lowest BCUT2D eigenvalue weighted by molar-refractivity contribution is -0.138. The Morgan fingerprint density at radius 2 is 1.67 bits per heavy atom. The highest BCUT2D eigenvalue weighted by Gasteiger charge is 2.35. The second-order valence-electron chi connectivity index (χ2n) is 4.98. The third-order valence-electron chi connectivity index (χ3n) is 3.21. The third kappa shape index (κ3) is 4.34. The van der Waals surface area contributed by atoms with Crippen LogP contribution >= 0.6 is 0 Å². The van der Waals surface area contributed by atoms with E-state index >= 15 is 0 Å². The van der Waals surface area contributed by atoms with Crippen molar-refractivity contribution in [3.8, 4) is 0 Å². The summed E-state index contributed by atoms with van der Waals surface area (Å²) in [5.41, 5.74) is -0.392. The molecule has 7 heteroatoms. The van der Waals surface area contributed by atoms with Crippen LogP contribution < -0.4 is 5.32 Å². The second kappa shape index (κ2) is 7.16. The Balaban J connectivity index is 2.01. The highest BCUT2D eigenvalue weighted by atomic mass is 19.4. The molecule has 126 valence electrons. The molecule has 0 unspecified atom stereocenters. The standard InChI is InChI=1S/C17H14F3NO3/c1-11-6-2-5-9-14(11)21-15(22)10-24-16(23)12-7-3-4-8-13(12)17(18,19)20/h2-9H,10H2,1H3,(H,21,22). The Morgan fingerprint density at radius 3 is 2.33 bits per heavy atom. The number of ether oxygens (including phenoxy) is 1. The Kier molecular flexibility index (Phi) is 5.23.